The number of rotatable bonds is 6. The van der Waals surface area contributed by atoms with E-state index in [0.29, 0.717) is 33.2 Å². The van der Waals surface area contributed by atoms with Crippen LogP contribution in [0.15, 0.2) is 54.7 Å². The number of nitriles is 1. The topological polar surface area (TPSA) is 77.1 Å². The van der Waals surface area contributed by atoms with E-state index in [1.165, 1.54) is 24.6 Å². The molecule has 3 heterocycles. The lowest BCUT2D eigenvalue weighted by Crippen LogP contribution is -2.54. The van der Waals surface area contributed by atoms with Gasteiger partial charge in [0.1, 0.15) is 17.7 Å². The molecule has 0 unspecified atom stereocenters. The third kappa shape index (κ3) is 4.94. The first kappa shape index (κ1) is 25.6. The van der Waals surface area contributed by atoms with Crippen molar-refractivity contribution in [3.05, 3.63) is 77.5 Å². The van der Waals surface area contributed by atoms with Crippen molar-refractivity contribution in [1.82, 2.24) is 20.0 Å². The Bertz CT molecular complexity index is 1610. The molecule has 8 heteroatoms. The quantitative estimate of drug-likeness (QED) is 0.366. The first-order valence-corrected chi connectivity index (χ1v) is 13.3. The van der Waals surface area contributed by atoms with E-state index in [-0.39, 0.29) is 12.1 Å². The summed E-state index contributed by atoms with van der Waals surface area (Å²) >= 11 is 0. The molecule has 6 rings (SSSR count). The second-order valence-electron chi connectivity index (χ2n) is 11.8. The van der Waals surface area contributed by atoms with Crippen molar-refractivity contribution < 1.29 is 13.9 Å². The second-order valence-corrected chi connectivity index (χ2v) is 11.8. The Labute approximate surface area is 226 Å². The van der Waals surface area contributed by atoms with Crippen LogP contribution in [0.4, 0.5) is 8.78 Å². The highest BCUT2D eigenvalue weighted by atomic mass is 19.1. The average Bonchev–Trinajstić information content (AvgIpc) is 3.47. The minimum atomic E-state index is -0.999. The molecule has 39 heavy (non-hydrogen) atoms. The van der Waals surface area contributed by atoms with Gasteiger partial charge in [0.2, 0.25) is 0 Å². The van der Waals surface area contributed by atoms with E-state index < -0.39 is 17.2 Å². The fourth-order valence-electron chi connectivity index (χ4n) is 5.92. The normalized spacial score (nSPS) is 17.0. The zero-order valence-electron chi connectivity index (χ0n) is 22.1. The van der Waals surface area contributed by atoms with Gasteiger partial charge in [-0.05, 0) is 73.3 Å². The van der Waals surface area contributed by atoms with E-state index in [1.807, 2.05) is 24.3 Å². The molecular formula is C31H31F2N5O. The fourth-order valence-corrected chi connectivity index (χ4v) is 5.92. The van der Waals surface area contributed by atoms with Crippen LogP contribution in [0.3, 0.4) is 0 Å². The van der Waals surface area contributed by atoms with Crippen LogP contribution in [-0.2, 0) is 13.1 Å². The average molecular weight is 528 g/mol. The SMILES string of the molecule is CC(C)(O)Cn1ncc2cc(-c3ccc(CN4CCC5(CNC5)C4)cc3-c3ccc(C#N)c(F)c3)c(F)cc21. The summed E-state index contributed by atoms with van der Waals surface area (Å²) in [6, 6.07) is 15.5. The third-order valence-corrected chi connectivity index (χ3v) is 7.97. The van der Waals surface area contributed by atoms with Gasteiger partial charge in [-0.2, -0.15) is 10.4 Å². The van der Waals surface area contributed by atoms with E-state index in [1.54, 1.807) is 36.9 Å². The second kappa shape index (κ2) is 9.53. The van der Waals surface area contributed by atoms with Crippen LogP contribution >= 0.6 is 0 Å². The third-order valence-electron chi connectivity index (χ3n) is 7.97. The van der Waals surface area contributed by atoms with E-state index in [9.17, 15) is 14.8 Å². The molecule has 0 amide bonds. The lowest BCUT2D eigenvalue weighted by atomic mass is 9.81. The maximum absolute atomic E-state index is 15.7. The van der Waals surface area contributed by atoms with Crippen molar-refractivity contribution in [3.63, 3.8) is 0 Å². The summed E-state index contributed by atoms with van der Waals surface area (Å²) in [5.74, 6) is -1.03. The summed E-state index contributed by atoms with van der Waals surface area (Å²) < 4.78 is 32.0. The van der Waals surface area contributed by atoms with Gasteiger partial charge in [0.15, 0.2) is 0 Å². The Hall–Kier alpha value is -3.64. The van der Waals surface area contributed by atoms with Crippen molar-refractivity contribution >= 4 is 10.9 Å². The summed E-state index contributed by atoms with van der Waals surface area (Å²) in [5.41, 5.74) is 3.33. The van der Waals surface area contributed by atoms with Gasteiger partial charge in [0, 0.05) is 48.6 Å². The molecule has 2 aliphatic heterocycles. The zero-order valence-corrected chi connectivity index (χ0v) is 22.1. The molecule has 4 aromatic rings. The molecule has 0 radical (unpaired) electrons. The van der Waals surface area contributed by atoms with Crippen LogP contribution < -0.4 is 5.32 Å². The molecule has 0 atom stereocenters. The Morgan fingerprint density at radius 3 is 2.54 bits per heavy atom. The van der Waals surface area contributed by atoms with Crippen LogP contribution in [0.5, 0.6) is 0 Å². The molecule has 0 saturated carbocycles. The van der Waals surface area contributed by atoms with Crippen molar-refractivity contribution in [2.75, 3.05) is 26.2 Å². The van der Waals surface area contributed by atoms with Gasteiger partial charge in [0.05, 0.1) is 29.4 Å². The molecule has 2 fully saturated rings. The van der Waals surface area contributed by atoms with Gasteiger partial charge < -0.3 is 10.4 Å². The van der Waals surface area contributed by atoms with Gasteiger partial charge in [-0.25, -0.2) is 8.78 Å². The largest absolute Gasteiger partial charge is 0.389 e. The molecular weight excluding hydrogens is 496 g/mol. The minimum absolute atomic E-state index is 0.0280. The van der Waals surface area contributed by atoms with E-state index in [2.05, 4.69) is 15.3 Å². The predicted molar refractivity (Wildman–Crippen MR) is 147 cm³/mol. The highest BCUT2D eigenvalue weighted by Crippen LogP contribution is 2.39. The summed E-state index contributed by atoms with van der Waals surface area (Å²) in [4.78, 5) is 2.45. The summed E-state index contributed by atoms with van der Waals surface area (Å²) in [6.45, 7) is 8.56. The van der Waals surface area contributed by atoms with Crippen molar-refractivity contribution in [1.29, 1.82) is 5.26 Å². The number of aliphatic hydroxyl groups is 1. The Morgan fingerprint density at radius 2 is 1.87 bits per heavy atom. The van der Waals surface area contributed by atoms with Gasteiger partial charge in [-0.3, -0.25) is 9.58 Å². The van der Waals surface area contributed by atoms with Gasteiger partial charge in [-0.1, -0.05) is 18.2 Å². The highest BCUT2D eigenvalue weighted by molar-refractivity contribution is 5.90. The highest BCUT2D eigenvalue weighted by Gasteiger charge is 2.42. The number of nitrogens with zero attached hydrogens (tertiary/aromatic N) is 4. The number of fused-ring (bicyclic) bond motifs is 1. The van der Waals surface area contributed by atoms with E-state index in [0.717, 1.165) is 43.7 Å². The number of aromatic nitrogens is 2. The van der Waals surface area contributed by atoms with Gasteiger partial charge >= 0.3 is 0 Å². The Morgan fingerprint density at radius 1 is 1.05 bits per heavy atom. The summed E-state index contributed by atoms with van der Waals surface area (Å²) in [7, 11) is 0. The number of halogens is 2. The van der Waals surface area contributed by atoms with Crippen LogP contribution in [0.2, 0.25) is 0 Å². The first-order valence-electron chi connectivity index (χ1n) is 13.3. The molecule has 1 aromatic heterocycles. The standard InChI is InChI=1S/C31H31F2N5O/c1-30(2,39)18-38-29-12-28(33)26(10-23(29)14-36-38)24-6-3-20(15-37-8-7-31(19-37)16-35-17-31)9-25(24)21-4-5-22(13-34)27(32)11-21/h3-6,9-12,14,35,39H,7-8,15-19H2,1-2H3. The minimum Gasteiger partial charge on any atom is -0.389 e. The summed E-state index contributed by atoms with van der Waals surface area (Å²) in [5, 5.41) is 28.0. The maximum Gasteiger partial charge on any atom is 0.141 e. The molecule has 2 saturated heterocycles. The molecule has 3 aromatic carbocycles. The maximum atomic E-state index is 15.7. The monoisotopic (exact) mass is 527 g/mol. The summed E-state index contributed by atoms with van der Waals surface area (Å²) in [6.07, 6.45) is 2.84. The van der Waals surface area contributed by atoms with Gasteiger partial charge in [0.25, 0.3) is 0 Å². The van der Waals surface area contributed by atoms with Gasteiger partial charge in [-0.15, -0.1) is 0 Å². The number of hydrogen-bond acceptors (Lipinski definition) is 5. The van der Waals surface area contributed by atoms with Crippen LogP contribution in [-0.4, -0.2) is 51.6 Å². The Balaban J connectivity index is 1.42. The van der Waals surface area contributed by atoms with Crippen LogP contribution in [0.25, 0.3) is 33.2 Å². The van der Waals surface area contributed by atoms with E-state index in [4.69, 9.17) is 0 Å². The van der Waals surface area contributed by atoms with Crippen molar-refractivity contribution in [3.8, 4) is 28.3 Å². The Kier molecular flexibility index (Phi) is 6.26. The van der Waals surface area contributed by atoms with Crippen LogP contribution in [0, 0.1) is 28.4 Å². The molecule has 2 aliphatic rings. The van der Waals surface area contributed by atoms with Crippen LogP contribution in [0.1, 0.15) is 31.4 Å². The molecule has 0 aliphatic carbocycles. The number of benzene rings is 3. The zero-order chi connectivity index (χ0) is 27.4. The molecule has 1 spiro atoms. The predicted octanol–water partition coefficient (Wildman–Crippen LogP) is 5.09. The smallest absolute Gasteiger partial charge is 0.141 e. The lowest BCUT2D eigenvalue weighted by Gasteiger charge is -2.39. The number of hydrogen-bond donors (Lipinski definition) is 2. The lowest BCUT2D eigenvalue weighted by molar-refractivity contribution is 0.0591. The van der Waals surface area contributed by atoms with Crippen molar-refractivity contribution in [2.45, 2.75) is 39.0 Å². The fraction of sp³-hybridized carbons (Fsp3) is 0.355. The molecule has 2 N–H and O–H groups in total. The number of nitrogens with one attached hydrogen (secondary N) is 1. The molecule has 0 bridgehead atoms. The number of likely N-dealkylation sites (tertiary alicyclic amines) is 1. The molecule has 200 valence electrons. The first-order chi connectivity index (χ1) is 18.6. The van der Waals surface area contributed by atoms with Crippen molar-refractivity contribution in [2.24, 2.45) is 5.41 Å². The molecule has 6 nitrogen and oxygen atoms in total. The van der Waals surface area contributed by atoms with E-state index >= 15 is 4.39 Å².